The summed E-state index contributed by atoms with van der Waals surface area (Å²) >= 11 is 0. The average Bonchev–Trinajstić information content (AvgIpc) is 1.99. The first kappa shape index (κ1) is 16.3. The molecule has 0 saturated carbocycles. The summed E-state index contributed by atoms with van der Waals surface area (Å²) < 4.78 is 13.9. The van der Waals surface area contributed by atoms with Gasteiger partial charge in [-0.1, -0.05) is 0 Å². The second kappa shape index (κ2) is 6.30. The topological polar surface area (TPSA) is 21.7 Å². The largest absolute Gasteiger partial charge is 0.322 e. The minimum absolute atomic E-state index is 0.0360. The van der Waals surface area contributed by atoms with Crippen LogP contribution >= 0.6 is 8.53 Å². The molecule has 0 aromatic rings. The number of rotatable bonds is 5. The van der Waals surface area contributed by atoms with Crippen LogP contribution in [0.3, 0.4) is 0 Å². The van der Waals surface area contributed by atoms with E-state index in [1.165, 1.54) is 0 Å². The third kappa shape index (κ3) is 5.09. The molecule has 3 nitrogen and oxygen atoms in total. The molecule has 0 spiro atoms. The highest BCUT2D eigenvalue weighted by molar-refractivity contribution is 7.44. The second-order valence-electron chi connectivity index (χ2n) is 5.73. The Morgan fingerprint density at radius 1 is 0.812 bits per heavy atom. The first-order valence-corrected chi connectivity index (χ1v) is 7.13. The van der Waals surface area contributed by atoms with Crippen molar-refractivity contribution in [1.82, 2.24) is 4.67 Å². The zero-order chi connectivity index (χ0) is 13.0. The molecule has 0 unspecified atom stereocenters. The maximum atomic E-state index is 5.77. The Hall–Kier alpha value is 0.310. The molecule has 0 fully saturated rings. The Bertz CT molecular complexity index is 176. The van der Waals surface area contributed by atoms with E-state index in [1.807, 2.05) is 13.8 Å². The van der Waals surface area contributed by atoms with Crippen molar-refractivity contribution in [3.8, 4) is 0 Å². The SMILES string of the molecule is CCOP(OCC)N(C(C)(C)C)C(C)(C)C. The zero-order valence-corrected chi connectivity index (χ0v) is 13.0. The molecule has 0 atom stereocenters. The van der Waals surface area contributed by atoms with E-state index in [1.54, 1.807) is 0 Å². The van der Waals surface area contributed by atoms with Crippen LogP contribution in [-0.4, -0.2) is 29.0 Å². The molecule has 0 heterocycles. The number of hydrogen-bond donors (Lipinski definition) is 0. The van der Waals surface area contributed by atoms with Gasteiger partial charge in [0.25, 0.3) is 8.53 Å². The van der Waals surface area contributed by atoms with Gasteiger partial charge in [-0.3, -0.25) is 0 Å². The molecule has 0 saturated heterocycles. The highest BCUT2D eigenvalue weighted by Crippen LogP contribution is 2.51. The quantitative estimate of drug-likeness (QED) is 0.682. The van der Waals surface area contributed by atoms with Crippen LogP contribution in [0.1, 0.15) is 55.4 Å². The molecule has 0 N–H and O–H groups in total. The second-order valence-corrected chi connectivity index (χ2v) is 7.12. The summed E-state index contributed by atoms with van der Waals surface area (Å²) in [4.78, 5) is 0. The minimum Gasteiger partial charge on any atom is -0.322 e. The van der Waals surface area contributed by atoms with Crippen LogP contribution in [0.5, 0.6) is 0 Å². The predicted octanol–water partition coefficient (Wildman–Crippen LogP) is 4.19. The fraction of sp³-hybridized carbons (Fsp3) is 1.00. The van der Waals surface area contributed by atoms with Gasteiger partial charge in [0.2, 0.25) is 0 Å². The lowest BCUT2D eigenvalue weighted by atomic mass is 10.0. The van der Waals surface area contributed by atoms with Crippen molar-refractivity contribution in [2.45, 2.75) is 66.5 Å². The summed E-state index contributed by atoms with van der Waals surface area (Å²) in [5.74, 6) is 0. The van der Waals surface area contributed by atoms with Crippen LogP contribution in [0.25, 0.3) is 0 Å². The molecule has 16 heavy (non-hydrogen) atoms. The van der Waals surface area contributed by atoms with Crippen LogP contribution < -0.4 is 0 Å². The molecule has 0 aliphatic carbocycles. The van der Waals surface area contributed by atoms with Gasteiger partial charge in [-0.25, -0.2) is 4.67 Å². The lowest BCUT2D eigenvalue weighted by Gasteiger charge is -2.47. The normalized spacial score (nSPS) is 13.9. The van der Waals surface area contributed by atoms with Gasteiger partial charge in [-0.15, -0.1) is 0 Å². The molecule has 0 aliphatic rings. The lowest BCUT2D eigenvalue weighted by Crippen LogP contribution is -2.49. The Morgan fingerprint density at radius 2 is 1.12 bits per heavy atom. The first-order valence-electron chi connectivity index (χ1n) is 6.00. The van der Waals surface area contributed by atoms with E-state index < -0.39 is 8.53 Å². The molecule has 98 valence electrons. The van der Waals surface area contributed by atoms with Gasteiger partial charge in [-0.2, -0.15) is 0 Å². The smallest absolute Gasteiger partial charge is 0.259 e. The van der Waals surface area contributed by atoms with Gasteiger partial charge in [0.1, 0.15) is 0 Å². The van der Waals surface area contributed by atoms with E-state index in [2.05, 4.69) is 46.2 Å². The molecule has 0 radical (unpaired) electrons. The number of nitrogens with zero attached hydrogens (tertiary/aromatic N) is 1. The van der Waals surface area contributed by atoms with E-state index in [0.717, 1.165) is 0 Å². The minimum atomic E-state index is -0.967. The molecular weight excluding hydrogens is 221 g/mol. The molecular formula is C12H28NO2P. The van der Waals surface area contributed by atoms with Crippen LogP contribution in [-0.2, 0) is 9.05 Å². The van der Waals surface area contributed by atoms with E-state index >= 15 is 0 Å². The molecule has 0 rings (SSSR count). The van der Waals surface area contributed by atoms with Crippen molar-refractivity contribution >= 4 is 8.53 Å². The zero-order valence-electron chi connectivity index (χ0n) is 12.1. The lowest BCUT2D eigenvalue weighted by molar-refractivity contribution is 0.0937. The maximum absolute atomic E-state index is 5.77. The predicted molar refractivity (Wildman–Crippen MR) is 71.5 cm³/mol. The molecule has 0 aromatic carbocycles. The van der Waals surface area contributed by atoms with E-state index in [4.69, 9.17) is 9.05 Å². The van der Waals surface area contributed by atoms with E-state index in [0.29, 0.717) is 13.2 Å². The molecule has 0 bridgehead atoms. The Balaban J connectivity index is 4.97. The molecule has 4 heteroatoms. The summed E-state index contributed by atoms with van der Waals surface area (Å²) in [7, 11) is -0.967. The summed E-state index contributed by atoms with van der Waals surface area (Å²) in [5, 5.41) is 0. The van der Waals surface area contributed by atoms with Crippen molar-refractivity contribution < 1.29 is 9.05 Å². The summed E-state index contributed by atoms with van der Waals surface area (Å²) in [5.41, 5.74) is 0.0720. The van der Waals surface area contributed by atoms with Crippen molar-refractivity contribution in [2.75, 3.05) is 13.2 Å². The van der Waals surface area contributed by atoms with Crippen molar-refractivity contribution in [3.63, 3.8) is 0 Å². The van der Waals surface area contributed by atoms with E-state index in [9.17, 15) is 0 Å². The number of hydrogen-bond acceptors (Lipinski definition) is 3. The van der Waals surface area contributed by atoms with Crippen LogP contribution in [0, 0.1) is 0 Å². The van der Waals surface area contributed by atoms with E-state index in [-0.39, 0.29) is 11.1 Å². The Labute approximate surface area is 102 Å². The summed E-state index contributed by atoms with van der Waals surface area (Å²) in [6.07, 6.45) is 0. The van der Waals surface area contributed by atoms with Crippen LogP contribution in [0.4, 0.5) is 0 Å². The van der Waals surface area contributed by atoms with Crippen molar-refractivity contribution in [1.29, 1.82) is 0 Å². The molecule has 0 aliphatic heterocycles. The Morgan fingerprint density at radius 3 is 1.31 bits per heavy atom. The third-order valence-electron chi connectivity index (χ3n) is 1.91. The van der Waals surface area contributed by atoms with Gasteiger partial charge < -0.3 is 9.05 Å². The fourth-order valence-corrected chi connectivity index (χ4v) is 3.60. The Kier molecular flexibility index (Phi) is 6.42. The van der Waals surface area contributed by atoms with Crippen LogP contribution in [0.2, 0.25) is 0 Å². The monoisotopic (exact) mass is 249 g/mol. The van der Waals surface area contributed by atoms with Gasteiger partial charge in [0.15, 0.2) is 0 Å². The summed E-state index contributed by atoms with van der Waals surface area (Å²) in [6.45, 7) is 18.6. The standard InChI is InChI=1S/C12H28NO2P/c1-9-14-16(15-10-2)13(11(3,4)5)12(6,7)8/h9-10H2,1-8H3. The van der Waals surface area contributed by atoms with Crippen molar-refractivity contribution in [3.05, 3.63) is 0 Å². The van der Waals surface area contributed by atoms with Gasteiger partial charge in [-0.05, 0) is 55.4 Å². The van der Waals surface area contributed by atoms with Crippen molar-refractivity contribution in [2.24, 2.45) is 0 Å². The highest BCUT2D eigenvalue weighted by atomic mass is 31.2. The van der Waals surface area contributed by atoms with Gasteiger partial charge in [0.05, 0.1) is 13.2 Å². The maximum Gasteiger partial charge on any atom is 0.259 e. The van der Waals surface area contributed by atoms with Gasteiger partial charge in [0, 0.05) is 11.1 Å². The summed E-state index contributed by atoms with van der Waals surface area (Å²) in [6, 6.07) is 0. The highest BCUT2D eigenvalue weighted by Gasteiger charge is 2.39. The average molecular weight is 249 g/mol. The molecule has 0 amide bonds. The first-order chi connectivity index (χ1) is 7.14. The molecule has 0 aromatic heterocycles. The third-order valence-corrected chi connectivity index (χ3v) is 4.40. The van der Waals surface area contributed by atoms with Gasteiger partial charge >= 0.3 is 0 Å². The van der Waals surface area contributed by atoms with Crippen LogP contribution in [0.15, 0.2) is 0 Å². The fourth-order valence-electron chi connectivity index (χ4n) is 1.87.